The van der Waals surface area contributed by atoms with E-state index < -0.39 is 0 Å². The first-order chi connectivity index (χ1) is 5.93. The van der Waals surface area contributed by atoms with Crippen molar-refractivity contribution in [2.75, 3.05) is 19.8 Å². The van der Waals surface area contributed by atoms with Crippen molar-refractivity contribution < 1.29 is 4.74 Å². The second-order valence-corrected chi connectivity index (χ2v) is 3.55. The summed E-state index contributed by atoms with van der Waals surface area (Å²) < 4.78 is 5.45. The van der Waals surface area contributed by atoms with Gasteiger partial charge in [-0.15, -0.1) is 0 Å². The van der Waals surface area contributed by atoms with Crippen LogP contribution in [0, 0.1) is 0 Å². The molecule has 0 aromatic heterocycles. The van der Waals surface area contributed by atoms with Gasteiger partial charge in [0.15, 0.2) is 0 Å². The van der Waals surface area contributed by atoms with Crippen LogP contribution in [0.25, 0.3) is 0 Å². The Labute approximate surface area is 75.7 Å². The van der Waals surface area contributed by atoms with Crippen LogP contribution in [0.2, 0.25) is 0 Å². The van der Waals surface area contributed by atoms with Gasteiger partial charge in [-0.25, -0.2) is 0 Å². The summed E-state index contributed by atoms with van der Waals surface area (Å²) in [4.78, 5) is 0. The lowest BCUT2D eigenvalue weighted by molar-refractivity contribution is 0.121. The summed E-state index contributed by atoms with van der Waals surface area (Å²) in [5, 5.41) is 3.52. The van der Waals surface area contributed by atoms with Gasteiger partial charge in [0.1, 0.15) is 0 Å². The fourth-order valence-electron chi connectivity index (χ4n) is 1.64. The van der Waals surface area contributed by atoms with Gasteiger partial charge in [-0.05, 0) is 32.2 Å². The number of piperidine rings is 1. The summed E-state index contributed by atoms with van der Waals surface area (Å²) in [6.45, 7) is 5.22. The molecule has 1 atom stereocenters. The van der Waals surface area contributed by atoms with E-state index in [4.69, 9.17) is 4.74 Å². The van der Waals surface area contributed by atoms with Crippen LogP contribution >= 0.6 is 0 Å². The Balaban J connectivity index is 1.91. The van der Waals surface area contributed by atoms with E-state index in [1.54, 1.807) is 0 Å². The van der Waals surface area contributed by atoms with Gasteiger partial charge >= 0.3 is 0 Å². The molecule has 2 nitrogen and oxygen atoms in total. The standard InChI is InChI=1S/C10H21NO/c1-2-8-12-9-6-10-5-3-4-7-11-10/h10-11H,2-9H2,1H3/t10-/m0/s1. The predicted octanol–water partition coefficient (Wildman–Crippen LogP) is 1.95. The Bertz CT molecular complexity index is 100. The SMILES string of the molecule is CCCOCC[C@@H]1CCCCN1. The average molecular weight is 171 g/mol. The average Bonchev–Trinajstić information content (AvgIpc) is 2.14. The zero-order chi connectivity index (χ0) is 8.65. The lowest BCUT2D eigenvalue weighted by atomic mass is 10.0. The first-order valence-electron chi connectivity index (χ1n) is 5.24. The van der Waals surface area contributed by atoms with Gasteiger partial charge in [0.25, 0.3) is 0 Å². The van der Waals surface area contributed by atoms with Gasteiger partial charge < -0.3 is 10.1 Å². The molecule has 1 rings (SSSR count). The molecule has 0 radical (unpaired) electrons. The molecule has 0 amide bonds. The molecule has 0 aliphatic carbocycles. The molecule has 0 spiro atoms. The van der Waals surface area contributed by atoms with Crippen molar-refractivity contribution in [1.29, 1.82) is 0 Å². The molecule has 1 fully saturated rings. The highest BCUT2D eigenvalue weighted by Crippen LogP contribution is 2.09. The monoisotopic (exact) mass is 171 g/mol. The third kappa shape index (κ3) is 4.07. The quantitative estimate of drug-likeness (QED) is 0.638. The van der Waals surface area contributed by atoms with Crippen molar-refractivity contribution in [2.45, 2.75) is 45.1 Å². The highest BCUT2D eigenvalue weighted by Gasteiger charge is 2.11. The Morgan fingerprint density at radius 1 is 1.33 bits per heavy atom. The summed E-state index contributed by atoms with van der Waals surface area (Å²) >= 11 is 0. The Morgan fingerprint density at radius 2 is 2.25 bits per heavy atom. The topological polar surface area (TPSA) is 21.3 Å². The molecule has 1 heterocycles. The normalized spacial score (nSPS) is 24.2. The predicted molar refractivity (Wildman–Crippen MR) is 51.4 cm³/mol. The lowest BCUT2D eigenvalue weighted by Crippen LogP contribution is -2.34. The van der Waals surface area contributed by atoms with Crippen molar-refractivity contribution in [3.63, 3.8) is 0 Å². The van der Waals surface area contributed by atoms with E-state index in [-0.39, 0.29) is 0 Å². The van der Waals surface area contributed by atoms with Crippen molar-refractivity contribution in [1.82, 2.24) is 5.32 Å². The molecule has 0 unspecified atom stereocenters. The summed E-state index contributed by atoms with van der Waals surface area (Å²) in [7, 11) is 0. The van der Waals surface area contributed by atoms with Crippen LogP contribution < -0.4 is 5.32 Å². The van der Waals surface area contributed by atoms with Crippen LogP contribution in [-0.4, -0.2) is 25.8 Å². The van der Waals surface area contributed by atoms with Crippen molar-refractivity contribution >= 4 is 0 Å². The van der Waals surface area contributed by atoms with Gasteiger partial charge in [-0.2, -0.15) is 0 Å². The fourth-order valence-corrected chi connectivity index (χ4v) is 1.64. The molecular formula is C10H21NO. The van der Waals surface area contributed by atoms with Crippen molar-refractivity contribution in [3.05, 3.63) is 0 Å². The van der Waals surface area contributed by atoms with E-state index in [2.05, 4.69) is 12.2 Å². The minimum absolute atomic E-state index is 0.732. The zero-order valence-corrected chi connectivity index (χ0v) is 8.14. The molecule has 1 N–H and O–H groups in total. The fraction of sp³-hybridized carbons (Fsp3) is 1.00. The van der Waals surface area contributed by atoms with Gasteiger partial charge in [-0.3, -0.25) is 0 Å². The summed E-state index contributed by atoms with van der Waals surface area (Å²) in [5.41, 5.74) is 0. The van der Waals surface area contributed by atoms with Crippen LogP contribution in [0.1, 0.15) is 39.0 Å². The number of ether oxygens (including phenoxy) is 1. The lowest BCUT2D eigenvalue weighted by Gasteiger charge is -2.23. The minimum atomic E-state index is 0.732. The third-order valence-electron chi connectivity index (χ3n) is 2.37. The van der Waals surface area contributed by atoms with Crippen LogP contribution in [0.5, 0.6) is 0 Å². The molecule has 1 aliphatic heterocycles. The number of nitrogens with one attached hydrogen (secondary N) is 1. The Morgan fingerprint density at radius 3 is 2.92 bits per heavy atom. The van der Waals surface area contributed by atoms with Crippen LogP contribution in [0.3, 0.4) is 0 Å². The molecule has 0 aromatic carbocycles. The molecule has 0 aromatic rings. The van der Waals surface area contributed by atoms with E-state index in [0.717, 1.165) is 25.7 Å². The van der Waals surface area contributed by atoms with E-state index in [1.165, 1.54) is 32.2 Å². The zero-order valence-electron chi connectivity index (χ0n) is 8.14. The van der Waals surface area contributed by atoms with Gasteiger partial charge in [0, 0.05) is 19.3 Å². The second kappa shape index (κ2) is 6.44. The molecule has 1 aliphatic rings. The van der Waals surface area contributed by atoms with Crippen molar-refractivity contribution in [3.8, 4) is 0 Å². The van der Waals surface area contributed by atoms with Gasteiger partial charge in [0.05, 0.1) is 0 Å². The Hall–Kier alpha value is -0.0800. The minimum Gasteiger partial charge on any atom is -0.381 e. The first kappa shape index (κ1) is 10.0. The largest absolute Gasteiger partial charge is 0.381 e. The van der Waals surface area contributed by atoms with Gasteiger partial charge in [0.2, 0.25) is 0 Å². The van der Waals surface area contributed by atoms with Crippen molar-refractivity contribution in [2.24, 2.45) is 0 Å². The number of hydrogen-bond donors (Lipinski definition) is 1. The van der Waals surface area contributed by atoms with E-state index in [1.807, 2.05) is 0 Å². The first-order valence-corrected chi connectivity index (χ1v) is 5.24. The van der Waals surface area contributed by atoms with E-state index in [0.29, 0.717) is 0 Å². The Kier molecular flexibility index (Phi) is 5.37. The molecule has 72 valence electrons. The summed E-state index contributed by atoms with van der Waals surface area (Å²) in [6.07, 6.45) is 6.42. The maximum absolute atomic E-state index is 5.45. The number of rotatable bonds is 5. The summed E-state index contributed by atoms with van der Waals surface area (Å²) in [6, 6.07) is 0.732. The molecule has 12 heavy (non-hydrogen) atoms. The molecule has 1 saturated heterocycles. The van der Waals surface area contributed by atoms with E-state index >= 15 is 0 Å². The third-order valence-corrected chi connectivity index (χ3v) is 2.37. The summed E-state index contributed by atoms with van der Waals surface area (Å²) in [5.74, 6) is 0. The highest BCUT2D eigenvalue weighted by molar-refractivity contribution is 4.71. The molecule has 0 saturated carbocycles. The maximum Gasteiger partial charge on any atom is 0.0480 e. The number of hydrogen-bond acceptors (Lipinski definition) is 2. The van der Waals surface area contributed by atoms with Gasteiger partial charge in [-0.1, -0.05) is 13.3 Å². The van der Waals surface area contributed by atoms with Crippen LogP contribution in [0.4, 0.5) is 0 Å². The molecule has 0 bridgehead atoms. The second-order valence-electron chi connectivity index (χ2n) is 3.55. The maximum atomic E-state index is 5.45. The molecule has 2 heteroatoms. The van der Waals surface area contributed by atoms with Crippen LogP contribution in [0.15, 0.2) is 0 Å². The smallest absolute Gasteiger partial charge is 0.0480 e. The van der Waals surface area contributed by atoms with E-state index in [9.17, 15) is 0 Å². The molecular weight excluding hydrogens is 150 g/mol. The highest BCUT2D eigenvalue weighted by atomic mass is 16.5. The van der Waals surface area contributed by atoms with Crippen LogP contribution in [-0.2, 0) is 4.74 Å².